The number of carbonyl (C=O) groups is 1. The van der Waals surface area contributed by atoms with Crippen LogP contribution >= 0.6 is 0 Å². The fourth-order valence-corrected chi connectivity index (χ4v) is 2.56. The van der Waals surface area contributed by atoms with E-state index < -0.39 is 12.7 Å². The molecule has 2 N–H and O–H groups in total. The minimum Gasteiger partial charge on any atom is -0.394 e. The number of rotatable bonds is 5. The second-order valence-electron chi connectivity index (χ2n) is 5.84. The molecule has 1 atom stereocenters. The van der Waals surface area contributed by atoms with Crippen LogP contribution in [0.3, 0.4) is 0 Å². The van der Waals surface area contributed by atoms with Gasteiger partial charge in [-0.2, -0.15) is 0 Å². The molecule has 0 fully saturated rings. The van der Waals surface area contributed by atoms with Crippen LogP contribution in [0.25, 0.3) is 16.9 Å². The molecule has 0 radical (unpaired) electrons. The summed E-state index contributed by atoms with van der Waals surface area (Å²) in [4.78, 5) is 18.2. The fraction of sp³-hybridized carbons (Fsp3) is 0.222. The van der Waals surface area contributed by atoms with Crippen molar-refractivity contribution in [2.24, 2.45) is 0 Å². The maximum Gasteiger partial charge on any atom is 0.255 e. The SMILES string of the molecule is CN(C[C@H](O)CO)C(=O)c1ccc2nc(-c3ccc(F)cc3)cn2c1. The number of nitrogens with zero attached hydrogens (tertiary/aromatic N) is 3. The van der Waals surface area contributed by atoms with E-state index in [1.165, 1.54) is 17.0 Å². The Morgan fingerprint density at radius 1 is 1.24 bits per heavy atom. The van der Waals surface area contributed by atoms with E-state index in [1.54, 1.807) is 48.1 Å². The number of aromatic nitrogens is 2. The van der Waals surface area contributed by atoms with Crippen LogP contribution in [-0.2, 0) is 0 Å². The normalized spacial score (nSPS) is 12.3. The van der Waals surface area contributed by atoms with Gasteiger partial charge in [-0.1, -0.05) is 0 Å². The summed E-state index contributed by atoms with van der Waals surface area (Å²) in [6.45, 7) is -0.364. The number of hydrogen-bond acceptors (Lipinski definition) is 4. The van der Waals surface area contributed by atoms with Crippen molar-refractivity contribution < 1.29 is 19.4 Å². The van der Waals surface area contributed by atoms with Crippen LogP contribution in [0.15, 0.2) is 48.8 Å². The van der Waals surface area contributed by atoms with Crippen LogP contribution in [0.5, 0.6) is 0 Å². The highest BCUT2D eigenvalue weighted by atomic mass is 19.1. The minimum atomic E-state index is -0.976. The Balaban J connectivity index is 1.87. The highest BCUT2D eigenvalue weighted by molar-refractivity contribution is 5.94. The van der Waals surface area contributed by atoms with Gasteiger partial charge in [0.15, 0.2) is 0 Å². The lowest BCUT2D eigenvalue weighted by Crippen LogP contribution is -2.35. The predicted molar refractivity (Wildman–Crippen MR) is 90.6 cm³/mol. The molecule has 25 heavy (non-hydrogen) atoms. The van der Waals surface area contributed by atoms with Crippen LogP contribution in [0.2, 0.25) is 0 Å². The van der Waals surface area contributed by atoms with Crippen LogP contribution in [0, 0.1) is 5.82 Å². The van der Waals surface area contributed by atoms with Crippen molar-refractivity contribution in [1.82, 2.24) is 14.3 Å². The molecule has 2 aromatic heterocycles. The van der Waals surface area contributed by atoms with Crippen molar-refractivity contribution in [3.05, 3.63) is 60.2 Å². The molecule has 0 saturated carbocycles. The minimum absolute atomic E-state index is 0.0398. The molecular weight excluding hydrogens is 325 g/mol. The number of benzene rings is 1. The molecule has 130 valence electrons. The molecule has 2 heterocycles. The van der Waals surface area contributed by atoms with Crippen molar-refractivity contribution in [3.8, 4) is 11.3 Å². The first kappa shape index (κ1) is 17.1. The highest BCUT2D eigenvalue weighted by Crippen LogP contribution is 2.20. The molecule has 0 unspecified atom stereocenters. The average molecular weight is 343 g/mol. The quantitative estimate of drug-likeness (QED) is 0.737. The van der Waals surface area contributed by atoms with E-state index in [1.807, 2.05) is 0 Å². The predicted octanol–water partition coefficient (Wildman–Crippen LogP) is 1.57. The molecule has 0 spiro atoms. The first-order chi connectivity index (χ1) is 12.0. The third-order valence-electron chi connectivity index (χ3n) is 3.88. The molecule has 3 aromatic rings. The highest BCUT2D eigenvalue weighted by Gasteiger charge is 2.16. The molecular formula is C18H18FN3O3. The van der Waals surface area contributed by atoms with E-state index in [0.29, 0.717) is 16.9 Å². The van der Waals surface area contributed by atoms with Crippen LogP contribution in [0.1, 0.15) is 10.4 Å². The fourth-order valence-electron chi connectivity index (χ4n) is 2.56. The third kappa shape index (κ3) is 3.67. The zero-order valence-electron chi connectivity index (χ0n) is 13.6. The zero-order chi connectivity index (χ0) is 18.0. The van der Waals surface area contributed by atoms with Gasteiger partial charge in [0.2, 0.25) is 0 Å². The molecule has 0 aliphatic carbocycles. The van der Waals surface area contributed by atoms with E-state index in [4.69, 9.17) is 5.11 Å². The molecule has 3 rings (SSSR count). The number of aliphatic hydroxyl groups is 2. The Bertz CT molecular complexity index is 892. The van der Waals surface area contributed by atoms with Gasteiger partial charge in [0.1, 0.15) is 11.5 Å². The summed E-state index contributed by atoms with van der Waals surface area (Å²) < 4.78 is 14.8. The summed E-state index contributed by atoms with van der Waals surface area (Å²) in [5.41, 5.74) is 2.55. The summed E-state index contributed by atoms with van der Waals surface area (Å²) in [6.07, 6.45) is 2.44. The van der Waals surface area contributed by atoms with Crippen molar-refractivity contribution in [2.45, 2.75) is 6.10 Å². The number of hydrogen-bond donors (Lipinski definition) is 2. The van der Waals surface area contributed by atoms with Gasteiger partial charge in [-0.3, -0.25) is 4.79 Å². The lowest BCUT2D eigenvalue weighted by Gasteiger charge is -2.19. The van der Waals surface area contributed by atoms with Crippen molar-refractivity contribution in [2.75, 3.05) is 20.2 Å². The molecule has 1 aromatic carbocycles. The van der Waals surface area contributed by atoms with Gasteiger partial charge in [0, 0.05) is 31.5 Å². The Kier molecular flexibility index (Phi) is 4.78. The van der Waals surface area contributed by atoms with Crippen LogP contribution in [0.4, 0.5) is 4.39 Å². The van der Waals surface area contributed by atoms with E-state index >= 15 is 0 Å². The number of halogens is 1. The van der Waals surface area contributed by atoms with Gasteiger partial charge in [0.05, 0.1) is 24.0 Å². The number of likely N-dealkylation sites (N-methyl/N-ethyl adjacent to an activating group) is 1. The van der Waals surface area contributed by atoms with Gasteiger partial charge in [-0.15, -0.1) is 0 Å². The Morgan fingerprint density at radius 2 is 1.96 bits per heavy atom. The zero-order valence-corrected chi connectivity index (χ0v) is 13.6. The maximum absolute atomic E-state index is 13.0. The Hall–Kier alpha value is -2.77. The van der Waals surface area contributed by atoms with Crippen molar-refractivity contribution >= 4 is 11.6 Å². The number of amides is 1. The second kappa shape index (κ2) is 7.00. The number of pyridine rings is 1. The lowest BCUT2D eigenvalue weighted by atomic mass is 10.2. The van der Waals surface area contributed by atoms with Gasteiger partial charge >= 0.3 is 0 Å². The van der Waals surface area contributed by atoms with Crippen molar-refractivity contribution in [1.29, 1.82) is 0 Å². The molecule has 0 aliphatic heterocycles. The molecule has 6 nitrogen and oxygen atoms in total. The van der Waals surface area contributed by atoms with E-state index in [9.17, 15) is 14.3 Å². The summed E-state index contributed by atoms with van der Waals surface area (Å²) >= 11 is 0. The van der Waals surface area contributed by atoms with Gasteiger partial charge in [-0.25, -0.2) is 9.37 Å². The van der Waals surface area contributed by atoms with E-state index in [-0.39, 0.29) is 18.3 Å². The van der Waals surface area contributed by atoms with Gasteiger partial charge < -0.3 is 19.5 Å². The second-order valence-corrected chi connectivity index (χ2v) is 5.84. The monoisotopic (exact) mass is 343 g/mol. The standard InChI is InChI=1S/C18H18FN3O3/c1-21(9-15(24)11-23)18(25)13-4-7-17-20-16(10-22(17)8-13)12-2-5-14(19)6-3-12/h2-8,10,15,23-24H,9,11H2,1H3/t15-/m0/s1. The number of carbonyl (C=O) groups excluding carboxylic acids is 1. The van der Waals surface area contributed by atoms with E-state index in [0.717, 1.165) is 5.56 Å². The maximum atomic E-state index is 13.0. The largest absolute Gasteiger partial charge is 0.394 e. The summed E-state index contributed by atoms with van der Waals surface area (Å²) in [5, 5.41) is 18.3. The average Bonchev–Trinajstić information content (AvgIpc) is 3.04. The molecule has 0 saturated heterocycles. The lowest BCUT2D eigenvalue weighted by molar-refractivity contribution is 0.0520. The first-order valence-corrected chi connectivity index (χ1v) is 7.77. The number of fused-ring (bicyclic) bond motifs is 1. The first-order valence-electron chi connectivity index (χ1n) is 7.77. The van der Waals surface area contributed by atoms with Crippen LogP contribution in [-0.4, -0.2) is 56.7 Å². The summed E-state index contributed by atoms with van der Waals surface area (Å²) in [7, 11) is 1.56. The molecule has 0 bridgehead atoms. The summed E-state index contributed by atoms with van der Waals surface area (Å²) in [5.74, 6) is -0.583. The number of aliphatic hydroxyl groups excluding tert-OH is 2. The number of imidazole rings is 1. The summed E-state index contributed by atoms with van der Waals surface area (Å²) in [6, 6.07) is 9.41. The molecule has 7 heteroatoms. The van der Waals surface area contributed by atoms with Crippen LogP contribution < -0.4 is 0 Å². The van der Waals surface area contributed by atoms with E-state index in [2.05, 4.69) is 4.98 Å². The Morgan fingerprint density at radius 3 is 2.64 bits per heavy atom. The van der Waals surface area contributed by atoms with Gasteiger partial charge in [0.25, 0.3) is 5.91 Å². The molecule has 0 aliphatic rings. The topological polar surface area (TPSA) is 78.1 Å². The Labute approximate surface area is 143 Å². The van der Waals surface area contributed by atoms with Gasteiger partial charge in [-0.05, 0) is 36.4 Å². The van der Waals surface area contributed by atoms with Crippen molar-refractivity contribution in [3.63, 3.8) is 0 Å². The smallest absolute Gasteiger partial charge is 0.255 e. The molecule has 1 amide bonds. The third-order valence-corrected chi connectivity index (χ3v) is 3.88.